The normalized spacial score (nSPS) is 22.7. The maximum Gasteiger partial charge on any atom is 0.264 e. The molecule has 2 aliphatic heterocycles. The van der Waals surface area contributed by atoms with E-state index in [1.54, 1.807) is 17.7 Å². The number of amides is 1. The number of piperazine rings is 1. The number of carbonyl (C=O) groups excluding carboxylic acids is 1. The summed E-state index contributed by atoms with van der Waals surface area (Å²) in [7, 11) is 0. The lowest BCUT2D eigenvalue weighted by molar-refractivity contribution is 0.0730. The van der Waals surface area contributed by atoms with Crippen LogP contribution >= 0.6 is 11.3 Å². The number of carbonyl (C=O) groups is 1. The molecular formula is C17H17N5OS. The third-order valence-corrected chi connectivity index (χ3v) is 6.05. The Hall–Kier alpha value is -2.41. The molecule has 24 heavy (non-hydrogen) atoms. The minimum Gasteiger partial charge on any atom is -0.349 e. The predicted molar refractivity (Wildman–Crippen MR) is 93.5 cm³/mol. The van der Waals surface area contributed by atoms with Gasteiger partial charge in [0.1, 0.15) is 17.8 Å². The van der Waals surface area contributed by atoms with Crippen molar-refractivity contribution in [3.05, 3.63) is 40.5 Å². The molecule has 2 bridgehead atoms. The standard InChI is InChI=1S/C17H17N5OS/c1-10-2-3-14(24-10)17(23)22-8-11-6-12(22)7-21(11)16-13-4-5-18-15(13)19-9-20-16/h2-5,9,11-12H,6-8H2,1H3,(H,18,19,20). The van der Waals surface area contributed by atoms with Crippen LogP contribution in [0.4, 0.5) is 5.82 Å². The summed E-state index contributed by atoms with van der Waals surface area (Å²) in [5.41, 5.74) is 0.866. The highest BCUT2D eigenvalue weighted by molar-refractivity contribution is 7.13. The van der Waals surface area contributed by atoms with Gasteiger partial charge in [0.15, 0.2) is 0 Å². The molecule has 5 heterocycles. The van der Waals surface area contributed by atoms with Gasteiger partial charge in [-0.1, -0.05) is 0 Å². The van der Waals surface area contributed by atoms with Crippen molar-refractivity contribution in [2.24, 2.45) is 0 Å². The monoisotopic (exact) mass is 339 g/mol. The van der Waals surface area contributed by atoms with Crippen molar-refractivity contribution in [1.82, 2.24) is 19.9 Å². The zero-order chi connectivity index (χ0) is 16.3. The van der Waals surface area contributed by atoms with Crippen LogP contribution in [-0.2, 0) is 0 Å². The van der Waals surface area contributed by atoms with Gasteiger partial charge in [0, 0.05) is 24.2 Å². The van der Waals surface area contributed by atoms with Gasteiger partial charge in [-0.15, -0.1) is 11.3 Å². The van der Waals surface area contributed by atoms with Crippen LogP contribution in [0.1, 0.15) is 21.0 Å². The summed E-state index contributed by atoms with van der Waals surface area (Å²) in [5, 5.41) is 1.05. The summed E-state index contributed by atoms with van der Waals surface area (Å²) in [6, 6.07) is 6.59. The van der Waals surface area contributed by atoms with E-state index in [1.807, 2.05) is 36.2 Å². The Morgan fingerprint density at radius 1 is 1.25 bits per heavy atom. The smallest absolute Gasteiger partial charge is 0.264 e. The largest absolute Gasteiger partial charge is 0.349 e. The number of H-pyrrole nitrogens is 1. The average Bonchev–Trinajstić information content (AvgIpc) is 3.35. The third-order valence-electron chi connectivity index (χ3n) is 5.06. The first-order chi connectivity index (χ1) is 11.7. The molecule has 3 aromatic rings. The summed E-state index contributed by atoms with van der Waals surface area (Å²) in [6.07, 6.45) is 4.52. The Balaban J connectivity index is 1.41. The molecule has 1 N–H and O–H groups in total. The maximum atomic E-state index is 12.8. The Labute approximate surface area is 143 Å². The highest BCUT2D eigenvalue weighted by atomic mass is 32.1. The summed E-state index contributed by atoms with van der Waals surface area (Å²) in [4.78, 5) is 31.1. The Morgan fingerprint density at radius 2 is 2.17 bits per heavy atom. The molecule has 2 aliphatic rings. The van der Waals surface area contributed by atoms with Gasteiger partial charge in [0.25, 0.3) is 5.91 Å². The second kappa shape index (κ2) is 5.04. The van der Waals surface area contributed by atoms with Crippen molar-refractivity contribution in [3.8, 4) is 0 Å². The minimum absolute atomic E-state index is 0.176. The number of rotatable bonds is 2. The topological polar surface area (TPSA) is 65.1 Å². The van der Waals surface area contributed by atoms with Crippen LogP contribution in [0.3, 0.4) is 0 Å². The van der Waals surface area contributed by atoms with Gasteiger partial charge in [0.2, 0.25) is 0 Å². The van der Waals surface area contributed by atoms with E-state index in [2.05, 4.69) is 19.9 Å². The molecule has 122 valence electrons. The van der Waals surface area contributed by atoms with Crippen molar-refractivity contribution in [2.45, 2.75) is 25.4 Å². The first-order valence-corrected chi connectivity index (χ1v) is 8.94. The predicted octanol–water partition coefficient (Wildman–Crippen LogP) is 2.43. The summed E-state index contributed by atoms with van der Waals surface area (Å²) < 4.78 is 0. The molecular weight excluding hydrogens is 322 g/mol. The second-order valence-electron chi connectivity index (χ2n) is 6.50. The molecule has 1 amide bonds. The Kier molecular flexibility index (Phi) is 2.94. The van der Waals surface area contributed by atoms with Crippen molar-refractivity contribution in [3.63, 3.8) is 0 Å². The van der Waals surface area contributed by atoms with Crippen molar-refractivity contribution >= 4 is 34.1 Å². The first-order valence-electron chi connectivity index (χ1n) is 8.13. The molecule has 0 aliphatic carbocycles. The van der Waals surface area contributed by atoms with Gasteiger partial charge in [-0.2, -0.15) is 0 Å². The zero-order valence-corrected chi connectivity index (χ0v) is 14.1. The lowest BCUT2D eigenvalue weighted by Crippen LogP contribution is -2.49. The van der Waals surface area contributed by atoms with Gasteiger partial charge in [-0.3, -0.25) is 4.79 Å². The van der Waals surface area contributed by atoms with Crippen LogP contribution < -0.4 is 4.90 Å². The van der Waals surface area contributed by atoms with E-state index < -0.39 is 0 Å². The quantitative estimate of drug-likeness (QED) is 0.779. The molecule has 5 rings (SSSR count). The van der Waals surface area contributed by atoms with Crippen LogP contribution in [0.5, 0.6) is 0 Å². The Bertz CT molecular complexity index is 932. The van der Waals surface area contributed by atoms with Gasteiger partial charge in [0.05, 0.1) is 22.3 Å². The SMILES string of the molecule is Cc1ccc(C(=O)N2CC3CC2CN3c2ncnc3[nH]ccc23)s1. The number of hydrogen-bond acceptors (Lipinski definition) is 5. The summed E-state index contributed by atoms with van der Waals surface area (Å²) in [5.74, 6) is 1.16. The van der Waals surface area contributed by atoms with Crippen LogP contribution in [0, 0.1) is 6.92 Å². The average molecular weight is 339 g/mol. The molecule has 2 atom stereocenters. The van der Waals surface area contributed by atoms with Crippen molar-refractivity contribution < 1.29 is 4.79 Å². The van der Waals surface area contributed by atoms with Crippen molar-refractivity contribution in [2.75, 3.05) is 18.0 Å². The molecule has 0 aromatic carbocycles. The highest BCUT2D eigenvalue weighted by Gasteiger charge is 2.46. The number of likely N-dealkylation sites (tertiary alicyclic amines) is 1. The number of nitrogens with one attached hydrogen (secondary N) is 1. The van der Waals surface area contributed by atoms with Gasteiger partial charge in [-0.05, 0) is 31.5 Å². The molecule has 0 saturated carbocycles. The first kappa shape index (κ1) is 14.0. The van der Waals surface area contributed by atoms with E-state index in [-0.39, 0.29) is 11.9 Å². The van der Waals surface area contributed by atoms with Crippen LogP contribution in [0.15, 0.2) is 30.7 Å². The number of nitrogens with zero attached hydrogens (tertiary/aromatic N) is 4. The number of aromatic amines is 1. The van der Waals surface area contributed by atoms with Crippen LogP contribution in [0.25, 0.3) is 11.0 Å². The molecule has 6 nitrogen and oxygen atoms in total. The fourth-order valence-corrected chi connectivity index (χ4v) is 4.78. The number of aromatic nitrogens is 3. The number of hydrogen-bond donors (Lipinski definition) is 1. The van der Waals surface area contributed by atoms with Gasteiger partial charge < -0.3 is 14.8 Å². The Morgan fingerprint density at radius 3 is 2.92 bits per heavy atom. The lowest BCUT2D eigenvalue weighted by atomic mass is 10.2. The summed E-state index contributed by atoms with van der Waals surface area (Å²) >= 11 is 1.58. The lowest BCUT2D eigenvalue weighted by Gasteiger charge is -2.34. The second-order valence-corrected chi connectivity index (χ2v) is 7.79. The van der Waals surface area contributed by atoms with Crippen LogP contribution in [0.2, 0.25) is 0 Å². The maximum absolute atomic E-state index is 12.8. The zero-order valence-electron chi connectivity index (χ0n) is 13.3. The van der Waals surface area contributed by atoms with Gasteiger partial charge in [-0.25, -0.2) is 9.97 Å². The minimum atomic E-state index is 0.176. The van der Waals surface area contributed by atoms with Gasteiger partial charge >= 0.3 is 0 Å². The highest BCUT2D eigenvalue weighted by Crippen LogP contribution is 2.37. The fraction of sp³-hybridized carbons (Fsp3) is 0.353. The number of aryl methyl sites for hydroxylation is 1. The van der Waals surface area contributed by atoms with E-state index in [9.17, 15) is 4.79 Å². The molecule has 0 spiro atoms. The molecule has 0 radical (unpaired) electrons. The molecule has 7 heteroatoms. The number of fused-ring (bicyclic) bond motifs is 3. The molecule has 2 unspecified atom stereocenters. The number of anilines is 1. The molecule has 3 aromatic heterocycles. The molecule has 2 fully saturated rings. The van der Waals surface area contributed by atoms with E-state index in [1.165, 1.54) is 4.88 Å². The van der Waals surface area contributed by atoms with E-state index >= 15 is 0 Å². The number of thiophene rings is 1. The van der Waals surface area contributed by atoms with E-state index in [0.717, 1.165) is 41.2 Å². The molecule has 2 saturated heterocycles. The third kappa shape index (κ3) is 1.97. The summed E-state index contributed by atoms with van der Waals surface area (Å²) in [6.45, 7) is 3.66. The fourth-order valence-electron chi connectivity index (χ4n) is 3.95. The van der Waals surface area contributed by atoms with E-state index in [0.29, 0.717) is 6.04 Å². The van der Waals surface area contributed by atoms with E-state index in [4.69, 9.17) is 0 Å². The van der Waals surface area contributed by atoms with Crippen molar-refractivity contribution in [1.29, 1.82) is 0 Å². The van der Waals surface area contributed by atoms with Crippen LogP contribution in [-0.4, -0.2) is 50.9 Å².